The number of aryl methyl sites for hydroxylation is 1. The van der Waals surface area contributed by atoms with Gasteiger partial charge in [0.1, 0.15) is 27.8 Å². The maximum absolute atomic E-state index is 13.1. The fourth-order valence-electron chi connectivity index (χ4n) is 7.20. The molecule has 260 valence electrons. The number of ether oxygens (including phenoxy) is 2. The number of piperazine rings is 1. The number of nitrogens with zero attached hydrogens (tertiary/aromatic N) is 6. The predicted molar refractivity (Wildman–Crippen MR) is 190 cm³/mol. The van der Waals surface area contributed by atoms with Crippen LogP contribution in [0.5, 0.6) is 0 Å². The van der Waals surface area contributed by atoms with Crippen LogP contribution in [-0.2, 0) is 9.47 Å². The summed E-state index contributed by atoms with van der Waals surface area (Å²) in [5, 5.41) is 1.31. The third-order valence-electron chi connectivity index (χ3n) is 9.94. The predicted octanol–water partition coefficient (Wildman–Crippen LogP) is 6.54. The number of nitrogens with one attached hydrogen (secondary N) is 1. The lowest BCUT2D eigenvalue weighted by Gasteiger charge is -2.37. The fraction of sp³-hybridized carbons (Fsp3) is 0.618. The van der Waals surface area contributed by atoms with Crippen molar-refractivity contribution in [1.29, 1.82) is 0 Å². The number of thiazole rings is 1. The molecule has 3 aromatic rings. The van der Waals surface area contributed by atoms with Gasteiger partial charge in [-0.2, -0.15) is 0 Å². The van der Waals surface area contributed by atoms with E-state index in [1.54, 1.807) is 33.4 Å². The Kier molecular flexibility index (Phi) is 11.6. The Hall–Kier alpha value is -2.77. The number of carbonyl (C=O) groups is 2. The number of esters is 1. The first-order valence-corrected chi connectivity index (χ1v) is 18.6. The molecule has 1 N–H and O–H groups in total. The smallest absolute Gasteiger partial charge is 0.350 e. The van der Waals surface area contributed by atoms with E-state index in [4.69, 9.17) is 47.6 Å². The molecule has 14 heteroatoms. The lowest BCUT2D eigenvalue weighted by Crippen LogP contribution is -2.48. The molecule has 0 radical (unpaired) electrons. The van der Waals surface area contributed by atoms with Gasteiger partial charge in [-0.25, -0.2) is 19.7 Å². The van der Waals surface area contributed by atoms with Crippen molar-refractivity contribution >= 4 is 57.2 Å². The number of halogens is 2. The second-order valence-electron chi connectivity index (χ2n) is 13.1. The molecular weight excluding hydrogens is 673 g/mol. The van der Waals surface area contributed by atoms with E-state index < -0.39 is 5.97 Å². The van der Waals surface area contributed by atoms with Crippen LogP contribution in [0.2, 0.25) is 10.0 Å². The van der Waals surface area contributed by atoms with Gasteiger partial charge in [0.05, 0.1) is 35.1 Å². The van der Waals surface area contributed by atoms with E-state index in [1.165, 1.54) is 50.0 Å². The van der Waals surface area contributed by atoms with E-state index in [1.807, 2.05) is 0 Å². The molecule has 0 spiro atoms. The van der Waals surface area contributed by atoms with Crippen LogP contribution in [0, 0.1) is 18.8 Å². The Bertz CT molecular complexity index is 1570. The van der Waals surface area contributed by atoms with Crippen molar-refractivity contribution in [2.24, 2.45) is 11.8 Å². The maximum atomic E-state index is 13.1. The number of hydrogen-bond donors (Lipinski definition) is 1. The first kappa shape index (κ1) is 35.1. The summed E-state index contributed by atoms with van der Waals surface area (Å²) in [6.07, 6.45) is 11.1. The van der Waals surface area contributed by atoms with Crippen LogP contribution in [-0.4, -0.2) is 102 Å². The number of carbonyl (C=O) groups excluding carboxylic acids is 2. The molecule has 11 nitrogen and oxygen atoms in total. The lowest BCUT2D eigenvalue weighted by molar-refractivity contribution is 0.0375. The first-order chi connectivity index (χ1) is 23.2. The van der Waals surface area contributed by atoms with Crippen molar-refractivity contribution in [2.75, 3.05) is 69.3 Å². The summed E-state index contributed by atoms with van der Waals surface area (Å²) in [5.41, 5.74) is 2.00. The van der Waals surface area contributed by atoms with Gasteiger partial charge in [-0.3, -0.25) is 9.69 Å². The molecule has 2 saturated heterocycles. The second-order valence-corrected chi connectivity index (χ2v) is 14.8. The van der Waals surface area contributed by atoms with Crippen LogP contribution in [0.3, 0.4) is 0 Å². The molecular formula is C34H45Cl2N7O4S. The van der Waals surface area contributed by atoms with Crippen molar-refractivity contribution in [3.63, 3.8) is 0 Å². The molecule has 1 saturated carbocycles. The summed E-state index contributed by atoms with van der Waals surface area (Å²) < 4.78 is 11.3. The van der Waals surface area contributed by atoms with Gasteiger partial charge in [0.15, 0.2) is 10.9 Å². The summed E-state index contributed by atoms with van der Waals surface area (Å²) in [4.78, 5) is 51.0. The van der Waals surface area contributed by atoms with Gasteiger partial charge >= 0.3 is 5.97 Å². The van der Waals surface area contributed by atoms with Crippen LogP contribution >= 0.6 is 34.5 Å². The number of H-pyrrole nitrogens is 1. The van der Waals surface area contributed by atoms with Crippen LogP contribution < -0.4 is 9.80 Å². The van der Waals surface area contributed by atoms with E-state index in [0.717, 1.165) is 37.9 Å². The maximum Gasteiger partial charge on any atom is 0.350 e. The lowest BCUT2D eigenvalue weighted by atomic mass is 9.88. The quantitative estimate of drug-likeness (QED) is 0.173. The number of aromatic nitrogens is 4. The topological polar surface area (TPSA) is 117 Å². The van der Waals surface area contributed by atoms with Gasteiger partial charge in [0.25, 0.3) is 0 Å². The minimum absolute atomic E-state index is 0.0197. The standard InChI is InChI=1S/C34H45Cl2N7O4S/c1-4-47-33(45)32-30(24-17-38-27(18-37-24)42-14-12-41(13-15-42)19-22-8-6-5-7-9-22)40-34(48-32)43-11-10-23(26(20-43)46-3)16-25(44)31-29(36)28(35)21(2)39-31/h17-18,22-23,26,39H,4-16,19-20H2,1-3H3/t23-,26-/m0/s1. The fourth-order valence-corrected chi connectivity index (χ4v) is 8.64. The number of piperidine rings is 1. The van der Waals surface area contributed by atoms with Gasteiger partial charge in [-0.05, 0) is 44.9 Å². The number of anilines is 2. The summed E-state index contributed by atoms with van der Waals surface area (Å²) in [6, 6.07) is 0. The first-order valence-electron chi connectivity index (χ1n) is 17.1. The molecule has 5 heterocycles. The van der Waals surface area contributed by atoms with Gasteiger partial charge < -0.3 is 24.3 Å². The highest BCUT2D eigenvalue weighted by molar-refractivity contribution is 7.17. The number of Topliss-reactive ketones (excluding diaryl/α,β-unsaturated/α-hetero) is 1. The minimum atomic E-state index is -0.434. The number of rotatable bonds is 11. The van der Waals surface area contributed by atoms with E-state index in [-0.39, 0.29) is 35.9 Å². The zero-order valence-electron chi connectivity index (χ0n) is 28.0. The average molecular weight is 719 g/mol. The van der Waals surface area contributed by atoms with Crippen LogP contribution in [0.1, 0.15) is 77.7 Å². The Morgan fingerprint density at radius 2 is 1.77 bits per heavy atom. The molecule has 48 heavy (non-hydrogen) atoms. The van der Waals surface area contributed by atoms with Gasteiger partial charge in [0.2, 0.25) is 0 Å². The van der Waals surface area contributed by atoms with Crippen LogP contribution in [0.25, 0.3) is 11.4 Å². The van der Waals surface area contributed by atoms with Crippen molar-refractivity contribution in [2.45, 2.75) is 64.9 Å². The Labute approximate surface area is 296 Å². The number of hydrogen-bond acceptors (Lipinski definition) is 11. The zero-order chi connectivity index (χ0) is 33.8. The van der Waals surface area contributed by atoms with Crippen molar-refractivity contribution in [1.82, 2.24) is 24.8 Å². The minimum Gasteiger partial charge on any atom is -0.462 e. The Balaban J connectivity index is 1.12. The number of aromatic amines is 1. The summed E-state index contributed by atoms with van der Waals surface area (Å²) in [7, 11) is 1.65. The molecule has 0 amide bonds. The SMILES string of the molecule is CCOC(=O)c1sc(N2CC[C@@H](CC(=O)c3[nH]c(C)c(Cl)c3Cl)[C@@H](OC)C2)nc1-c1cnc(N2CCN(CC3CCCCC3)CC2)cn1. The Morgan fingerprint density at radius 1 is 1.00 bits per heavy atom. The molecule has 2 aliphatic heterocycles. The highest BCUT2D eigenvalue weighted by atomic mass is 35.5. The molecule has 1 aliphatic carbocycles. The van der Waals surface area contributed by atoms with Gasteiger partial charge in [-0.15, -0.1) is 0 Å². The van der Waals surface area contributed by atoms with Gasteiger partial charge in [-0.1, -0.05) is 53.8 Å². The van der Waals surface area contributed by atoms with Crippen LogP contribution in [0.4, 0.5) is 10.9 Å². The molecule has 0 bridgehead atoms. The van der Waals surface area contributed by atoms with E-state index in [9.17, 15) is 9.59 Å². The monoisotopic (exact) mass is 717 g/mol. The molecule has 0 aromatic carbocycles. The summed E-state index contributed by atoms with van der Waals surface area (Å²) in [5.74, 6) is 1.13. The van der Waals surface area contributed by atoms with Crippen LogP contribution in [0.15, 0.2) is 12.4 Å². The third-order valence-corrected chi connectivity index (χ3v) is 12.0. The van der Waals surface area contributed by atoms with Crippen molar-refractivity contribution in [3.8, 4) is 11.4 Å². The van der Waals surface area contributed by atoms with E-state index in [2.05, 4.69) is 19.7 Å². The molecule has 3 aromatic heterocycles. The van der Waals surface area contributed by atoms with E-state index in [0.29, 0.717) is 57.3 Å². The number of methoxy groups -OCH3 is 1. The highest BCUT2D eigenvalue weighted by Crippen LogP contribution is 2.37. The molecule has 3 aliphatic rings. The molecule has 6 rings (SSSR count). The van der Waals surface area contributed by atoms with Gasteiger partial charge in [0, 0.05) is 65.0 Å². The third kappa shape index (κ3) is 7.83. The number of ketones is 1. The molecule has 2 atom stereocenters. The molecule has 3 fully saturated rings. The van der Waals surface area contributed by atoms with Crippen molar-refractivity contribution in [3.05, 3.63) is 38.7 Å². The Morgan fingerprint density at radius 3 is 2.42 bits per heavy atom. The zero-order valence-corrected chi connectivity index (χ0v) is 30.3. The summed E-state index contributed by atoms with van der Waals surface area (Å²) >= 11 is 13.8. The van der Waals surface area contributed by atoms with E-state index >= 15 is 0 Å². The average Bonchev–Trinajstić information content (AvgIpc) is 3.67. The largest absolute Gasteiger partial charge is 0.462 e. The molecule has 0 unspecified atom stereocenters. The highest BCUT2D eigenvalue weighted by Gasteiger charge is 2.35. The second kappa shape index (κ2) is 15.8. The summed E-state index contributed by atoms with van der Waals surface area (Å²) in [6.45, 7) is 10.1. The van der Waals surface area contributed by atoms with Crippen molar-refractivity contribution < 1.29 is 19.1 Å². The normalized spacial score (nSPS) is 21.1.